The normalized spacial score (nSPS) is 20.2. The van der Waals surface area contributed by atoms with Crippen molar-refractivity contribution >= 4 is 5.91 Å². The Morgan fingerprint density at radius 1 is 1.44 bits per heavy atom. The number of pyridine rings is 1. The van der Waals surface area contributed by atoms with Crippen LogP contribution in [0.15, 0.2) is 18.3 Å². The van der Waals surface area contributed by atoms with E-state index < -0.39 is 0 Å². The van der Waals surface area contributed by atoms with E-state index >= 15 is 0 Å². The maximum absolute atomic E-state index is 12.0. The van der Waals surface area contributed by atoms with E-state index in [0.717, 1.165) is 31.6 Å². The van der Waals surface area contributed by atoms with Crippen LogP contribution in [0.25, 0.3) is 0 Å². The van der Waals surface area contributed by atoms with Gasteiger partial charge in [0.25, 0.3) is 0 Å². The molecular formula is C15H22N2O. The number of amides is 1. The lowest BCUT2D eigenvalue weighted by atomic mass is 9.93. The lowest BCUT2D eigenvalue weighted by Gasteiger charge is -2.33. The van der Waals surface area contributed by atoms with Gasteiger partial charge in [-0.25, -0.2) is 0 Å². The van der Waals surface area contributed by atoms with Crippen molar-refractivity contribution in [2.75, 3.05) is 13.1 Å². The summed E-state index contributed by atoms with van der Waals surface area (Å²) in [5.74, 6) is 0.767. The summed E-state index contributed by atoms with van der Waals surface area (Å²) >= 11 is 0. The maximum Gasteiger partial charge on any atom is 0.225 e. The van der Waals surface area contributed by atoms with Crippen LogP contribution in [-0.2, 0) is 4.79 Å². The molecule has 0 bridgehead atoms. The molecule has 0 saturated carbocycles. The summed E-state index contributed by atoms with van der Waals surface area (Å²) in [6.45, 7) is 7.71. The molecule has 1 atom stereocenters. The van der Waals surface area contributed by atoms with Crippen molar-refractivity contribution in [1.29, 1.82) is 0 Å². The van der Waals surface area contributed by atoms with Crippen LogP contribution in [0, 0.1) is 12.8 Å². The number of likely N-dealkylation sites (tertiary alicyclic amines) is 1. The summed E-state index contributed by atoms with van der Waals surface area (Å²) in [6, 6.07) is 4.20. The number of hydrogen-bond donors (Lipinski definition) is 0. The van der Waals surface area contributed by atoms with Crippen LogP contribution in [0.3, 0.4) is 0 Å². The Labute approximate surface area is 109 Å². The largest absolute Gasteiger partial charge is 0.342 e. The van der Waals surface area contributed by atoms with Gasteiger partial charge >= 0.3 is 0 Å². The number of rotatable bonds is 2. The summed E-state index contributed by atoms with van der Waals surface area (Å²) in [6.07, 6.45) is 4.13. The number of aryl methyl sites for hydroxylation is 1. The smallest absolute Gasteiger partial charge is 0.225 e. The van der Waals surface area contributed by atoms with Crippen molar-refractivity contribution in [1.82, 2.24) is 9.88 Å². The van der Waals surface area contributed by atoms with Crippen LogP contribution in [0.5, 0.6) is 0 Å². The van der Waals surface area contributed by atoms with Gasteiger partial charge in [-0.15, -0.1) is 0 Å². The number of nitrogens with zero attached hydrogens (tertiary/aromatic N) is 2. The van der Waals surface area contributed by atoms with E-state index in [1.54, 1.807) is 0 Å². The summed E-state index contributed by atoms with van der Waals surface area (Å²) in [5, 5.41) is 0. The zero-order valence-electron chi connectivity index (χ0n) is 11.5. The predicted octanol–water partition coefficient (Wildman–Crippen LogP) is 2.75. The maximum atomic E-state index is 12.0. The first-order valence-electron chi connectivity index (χ1n) is 6.79. The number of carbonyl (C=O) groups is 1. The highest BCUT2D eigenvalue weighted by molar-refractivity contribution is 5.78. The third kappa shape index (κ3) is 2.89. The van der Waals surface area contributed by atoms with Gasteiger partial charge in [-0.3, -0.25) is 9.78 Å². The summed E-state index contributed by atoms with van der Waals surface area (Å²) in [7, 11) is 0. The first-order chi connectivity index (χ1) is 8.58. The minimum atomic E-state index is 0.0923. The summed E-state index contributed by atoms with van der Waals surface area (Å²) in [4.78, 5) is 18.5. The molecule has 0 aliphatic carbocycles. The topological polar surface area (TPSA) is 33.2 Å². The highest BCUT2D eigenvalue weighted by Crippen LogP contribution is 2.26. The molecule has 18 heavy (non-hydrogen) atoms. The molecule has 98 valence electrons. The van der Waals surface area contributed by atoms with E-state index in [9.17, 15) is 4.79 Å². The molecule has 1 amide bonds. The van der Waals surface area contributed by atoms with Gasteiger partial charge in [0.2, 0.25) is 5.91 Å². The fraction of sp³-hybridized carbons (Fsp3) is 0.600. The van der Waals surface area contributed by atoms with Crippen LogP contribution in [0.1, 0.15) is 43.9 Å². The molecule has 0 N–H and O–H groups in total. The first kappa shape index (κ1) is 13.1. The molecule has 3 heteroatoms. The number of carbonyl (C=O) groups excluding carboxylic acids is 1. The van der Waals surface area contributed by atoms with E-state index in [-0.39, 0.29) is 11.8 Å². The Morgan fingerprint density at radius 3 is 2.83 bits per heavy atom. The Bertz CT molecular complexity index is 411. The Balaban J connectivity index is 2.07. The number of hydrogen-bond acceptors (Lipinski definition) is 2. The fourth-order valence-corrected chi connectivity index (χ4v) is 2.50. The van der Waals surface area contributed by atoms with Gasteiger partial charge in [-0.2, -0.15) is 0 Å². The zero-order chi connectivity index (χ0) is 13.1. The van der Waals surface area contributed by atoms with Gasteiger partial charge in [-0.1, -0.05) is 19.9 Å². The second kappa shape index (κ2) is 5.51. The van der Waals surface area contributed by atoms with Crippen molar-refractivity contribution in [2.24, 2.45) is 5.92 Å². The third-order valence-corrected chi connectivity index (χ3v) is 3.58. The highest BCUT2D eigenvalue weighted by Gasteiger charge is 2.26. The van der Waals surface area contributed by atoms with E-state index in [1.807, 2.05) is 31.9 Å². The van der Waals surface area contributed by atoms with Crippen molar-refractivity contribution in [3.05, 3.63) is 29.6 Å². The average Bonchev–Trinajstić information content (AvgIpc) is 2.38. The van der Waals surface area contributed by atoms with Crippen molar-refractivity contribution < 1.29 is 4.79 Å². The second-order valence-corrected chi connectivity index (χ2v) is 5.54. The van der Waals surface area contributed by atoms with Gasteiger partial charge in [-0.05, 0) is 31.4 Å². The molecule has 1 aromatic heterocycles. The van der Waals surface area contributed by atoms with Gasteiger partial charge < -0.3 is 4.90 Å². The van der Waals surface area contributed by atoms with E-state index in [1.165, 1.54) is 5.56 Å². The standard InChI is InChI=1S/C15H22N2O/c1-11(2)15(18)17-8-4-5-13(10-17)14-7-6-12(3)9-16-14/h6-7,9,11,13H,4-5,8,10H2,1-3H3/t13-/m1/s1. The molecule has 3 nitrogen and oxygen atoms in total. The minimum Gasteiger partial charge on any atom is -0.342 e. The Morgan fingerprint density at radius 2 is 2.22 bits per heavy atom. The molecule has 1 aromatic rings. The molecule has 0 radical (unpaired) electrons. The van der Waals surface area contributed by atoms with E-state index in [2.05, 4.69) is 17.1 Å². The molecule has 0 spiro atoms. The van der Waals surface area contributed by atoms with Gasteiger partial charge in [0.15, 0.2) is 0 Å². The van der Waals surface area contributed by atoms with Crippen LogP contribution in [0.2, 0.25) is 0 Å². The van der Waals surface area contributed by atoms with Gasteiger partial charge in [0, 0.05) is 36.8 Å². The molecule has 2 rings (SSSR count). The molecule has 1 fully saturated rings. The quantitative estimate of drug-likeness (QED) is 0.804. The van der Waals surface area contributed by atoms with Crippen LogP contribution < -0.4 is 0 Å². The Hall–Kier alpha value is -1.38. The van der Waals surface area contributed by atoms with Crippen LogP contribution >= 0.6 is 0 Å². The van der Waals surface area contributed by atoms with Gasteiger partial charge in [0.1, 0.15) is 0 Å². The first-order valence-corrected chi connectivity index (χ1v) is 6.79. The van der Waals surface area contributed by atoms with Crippen molar-refractivity contribution in [3.63, 3.8) is 0 Å². The highest BCUT2D eigenvalue weighted by atomic mass is 16.2. The second-order valence-electron chi connectivity index (χ2n) is 5.54. The zero-order valence-corrected chi connectivity index (χ0v) is 11.5. The van der Waals surface area contributed by atoms with Crippen molar-refractivity contribution in [3.8, 4) is 0 Å². The molecule has 0 unspecified atom stereocenters. The Kier molecular flexibility index (Phi) is 4.00. The fourth-order valence-electron chi connectivity index (χ4n) is 2.50. The molecule has 1 aliphatic heterocycles. The third-order valence-electron chi connectivity index (χ3n) is 3.58. The number of piperidine rings is 1. The summed E-state index contributed by atoms with van der Waals surface area (Å²) < 4.78 is 0. The lowest BCUT2D eigenvalue weighted by Crippen LogP contribution is -2.41. The van der Waals surface area contributed by atoms with E-state index in [0.29, 0.717) is 5.92 Å². The van der Waals surface area contributed by atoms with Crippen LogP contribution in [0.4, 0.5) is 0 Å². The average molecular weight is 246 g/mol. The minimum absolute atomic E-state index is 0.0923. The molecular weight excluding hydrogens is 224 g/mol. The van der Waals surface area contributed by atoms with Gasteiger partial charge in [0.05, 0.1) is 0 Å². The summed E-state index contributed by atoms with van der Waals surface area (Å²) in [5.41, 5.74) is 2.31. The van der Waals surface area contributed by atoms with Crippen molar-refractivity contribution in [2.45, 2.75) is 39.5 Å². The monoisotopic (exact) mass is 246 g/mol. The lowest BCUT2D eigenvalue weighted by molar-refractivity contribution is -0.135. The predicted molar refractivity (Wildman–Crippen MR) is 72.4 cm³/mol. The molecule has 1 saturated heterocycles. The van der Waals surface area contributed by atoms with E-state index in [4.69, 9.17) is 0 Å². The SMILES string of the molecule is Cc1ccc([C@@H]2CCCN(C(=O)C(C)C)C2)nc1. The molecule has 2 heterocycles. The molecule has 0 aromatic carbocycles. The molecule has 1 aliphatic rings. The van der Waals surface area contributed by atoms with Crippen LogP contribution in [-0.4, -0.2) is 28.9 Å². The number of aromatic nitrogens is 1.